The minimum absolute atomic E-state index is 0.102. The number of piperidine rings is 1. The molecule has 1 aliphatic rings. The minimum atomic E-state index is -0.469. The molecule has 1 fully saturated rings. The number of likely N-dealkylation sites (tertiary alicyclic amines) is 1. The van der Waals surface area contributed by atoms with E-state index in [1.54, 1.807) is 0 Å². The third kappa shape index (κ3) is 3.56. The summed E-state index contributed by atoms with van der Waals surface area (Å²) in [7, 11) is 0. The van der Waals surface area contributed by atoms with Crippen molar-refractivity contribution in [3.63, 3.8) is 0 Å². The summed E-state index contributed by atoms with van der Waals surface area (Å²) in [5.41, 5.74) is 7.30. The molecule has 1 atom stereocenters. The first-order valence-corrected chi connectivity index (χ1v) is 8.74. The molecule has 0 saturated carbocycles. The average molecular weight is 344 g/mol. The Hall–Kier alpha value is -2.41. The highest BCUT2D eigenvalue weighted by Gasteiger charge is 2.28. The van der Waals surface area contributed by atoms with Gasteiger partial charge in [-0.3, -0.25) is 4.79 Å². The molecule has 1 saturated heterocycles. The molecule has 6 nitrogen and oxygen atoms in total. The number of anilines is 1. The van der Waals surface area contributed by atoms with Crippen molar-refractivity contribution in [1.82, 2.24) is 9.88 Å². The number of thiazole rings is 1. The molecule has 2 aromatic rings. The summed E-state index contributed by atoms with van der Waals surface area (Å²) in [5.74, 6) is -0.343. The fourth-order valence-electron chi connectivity index (χ4n) is 2.91. The van der Waals surface area contributed by atoms with Gasteiger partial charge in [0.2, 0.25) is 5.91 Å². The summed E-state index contributed by atoms with van der Waals surface area (Å²) < 4.78 is 0. The second kappa shape index (κ2) is 7.00. The molecule has 7 heteroatoms. The third-order valence-corrected chi connectivity index (χ3v) is 5.29. The van der Waals surface area contributed by atoms with Gasteiger partial charge >= 0.3 is 6.03 Å². The minimum Gasteiger partial charge on any atom is -0.351 e. The maximum Gasteiger partial charge on any atom is 0.314 e. The lowest BCUT2D eigenvalue weighted by Crippen LogP contribution is -2.46. The standard InChI is InChI=1S/C17H20N4O2S/c1-11-14(12-6-3-2-4-7-12)24-17(19-11)20-15(22)13-8-5-9-21(10-13)16(18)23/h2-4,6-7,13H,5,8-10H2,1H3,(H2,18,23)(H,19,20,22). The van der Waals surface area contributed by atoms with E-state index in [0.29, 0.717) is 18.2 Å². The lowest BCUT2D eigenvalue weighted by molar-refractivity contribution is -0.121. The largest absolute Gasteiger partial charge is 0.351 e. The van der Waals surface area contributed by atoms with E-state index in [1.807, 2.05) is 37.3 Å². The van der Waals surface area contributed by atoms with Crippen LogP contribution in [0.2, 0.25) is 0 Å². The summed E-state index contributed by atoms with van der Waals surface area (Å²) in [6, 6.07) is 9.51. The van der Waals surface area contributed by atoms with Gasteiger partial charge < -0.3 is 16.0 Å². The number of amides is 3. The molecular weight excluding hydrogens is 324 g/mol. The van der Waals surface area contributed by atoms with Gasteiger partial charge in [-0.05, 0) is 25.3 Å². The highest BCUT2D eigenvalue weighted by molar-refractivity contribution is 7.19. The van der Waals surface area contributed by atoms with Crippen molar-refractivity contribution in [1.29, 1.82) is 0 Å². The van der Waals surface area contributed by atoms with Gasteiger partial charge in [-0.1, -0.05) is 41.7 Å². The number of benzene rings is 1. The molecule has 2 heterocycles. The number of urea groups is 1. The van der Waals surface area contributed by atoms with Crippen LogP contribution in [0.4, 0.5) is 9.93 Å². The number of primary amides is 1. The van der Waals surface area contributed by atoms with Crippen LogP contribution in [-0.4, -0.2) is 34.9 Å². The zero-order valence-corrected chi connectivity index (χ0v) is 14.3. The fourth-order valence-corrected chi connectivity index (χ4v) is 3.88. The third-order valence-electron chi connectivity index (χ3n) is 4.17. The number of nitrogens with one attached hydrogen (secondary N) is 1. The molecule has 1 aromatic carbocycles. The molecule has 1 unspecified atom stereocenters. The molecule has 24 heavy (non-hydrogen) atoms. The molecular formula is C17H20N4O2S. The van der Waals surface area contributed by atoms with Crippen molar-refractivity contribution < 1.29 is 9.59 Å². The lowest BCUT2D eigenvalue weighted by Gasteiger charge is -2.30. The molecule has 3 N–H and O–H groups in total. The van der Waals surface area contributed by atoms with E-state index in [2.05, 4.69) is 10.3 Å². The molecule has 0 spiro atoms. The maximum absolute atomic E-state index is 12.5. The Bertz CT molecular complexity index is 744. The molecule has 0 bridgehead atoms. The fraction of sp³-hybridized carbons (Fsp3) is 0.353. The number of carbonyl (C=O) groups is 2. The van der Waals surface area contributed by atoms with Gasteiger partial charge in [-0.25, -0.2) is 9.78 Å². The SMILES string of the molecule is Cc1nc(NC(=O)C2CCCN(C(N)=O)C2)sc1-c1ccccc1. The Morgan fingerprint density at radius 3 is 2.79 bits per heavy atom. The first-order chi connectivity index (χ1) is 11.5. The summed E-state index contributed by atoms with van der Waals surface area (Å²) in [5, 5.41) is 3.48. The predicted octanol–water partition coefficient (Wildman–Crippen LogP) is 2.85. The number of aryl methyl sites for hydroxylation is 1. The van der Waals surface area contributed by atoms with E-state index in [1.165, 1.54) is 16.2 Å². The maximum atomic E-state index is 12.5. The van der Waals surface area contributed by atoms with Crippen LogP contribution in [0.1, 0.15) is 18.5 Å². The van der Waals surface area contributed by atoms with Crippen molar-refractivity contribution in [2.45, 2.75) is 19.8 Å². The Morgan fingerprint density at radius 2 is 2.08 bits per heavy atom. The van der Waals surface area contributed by atoms with E-state index >= 15 is 0 Å². The van der Waals surface area contributed by atoms with Gasteiger partial charge in [0.25, 0.3) is 0 Å². The summed E-state index contributed by atoms with van der Waals surface area (Å²) in [6.07, 6.45) is 1.54. The van der Waals surface area contributed by atoms with E-state index in [4.69, 9.17) is 5.73 Å². The van der Waals surface area contributed by atoms with Crippen LogP contribution < -0.4 is 11.1 Å². The number of carbonyl (C=O) groups excluding carboxylic acids is 2. The number of rotatable bonds is 3. The van der Waals surface area contributed by atoms with Crippen LogP contribution in [0.15, 0.2) is 30.3 Å². The number of hydrogen-bond donors (Lipinski definition) is 2. The van der Waals surface area contributed by atoms with Gasteiger partial charge in [-0.15, -0.1) is 0 Å². The number of hydrogen-bond acceptors (Lipinski definition) is 4. The molecule has 0 aliphatic carbocycles. The summed E-state index contributed by atoms with van der Waals surface area (Å²) in [6.45, 7) is 2.93. The Morgan fingerprint density at radius 1 is 1.33 bits per heavy atom. The van der Waals surface area contributed by atoms with E-state index in [-0.39, 0.29) is 11.8 Å². The molecule has 3 amide bonds. The zero-order valence-electron chi connectivity index (χ0n) is 13.5. The zero-order chi connectivity index (χ0) is 17.1. The van der Waals surface area contributed by atoms with E-state index in [9.17, 15) is 9.59 Å². The molecule has 1 aliphatic heterocycles. The first kappa shape index (κ1) is 16.4. The van der Waals surface area contributed by atoms with Crippen LogP contribution in [-0.2, 0) is 4.79 Å². The normalized spacial score (nSPS) is 17.5. The van der Waals surface area contributed by atoms with Gasteiger partial charge in [0.05, 0.1) is 16.5 Å². The van der Waals surface area contributed by atoms with Crippen molar-refractivity contribution in [3.05, 3.63) is 36.0 Å². The smallest absolute Gasteiger partial charge is 0.314 e. The number of aromatic nitrogens is 1. The predicted molar refractivity (Wildman–Crippen MR) is 94.8 cm³/mol. The van der Waals surface area contributed by atoms with Crippen LogP contribution in [0.25, 0.3) is 10.4 Å². The molecule has 0 radical (unpaired) electrons. The number of nitrogens with zero attached hydrogens (tertiary/aromatic N) is 2. The van der Waals surface area contributed by atoms with Gasteiger partial charge in [-0.2, -0.15) is 0 Å². The van der Waals surface area contributed by atoms with Crippen LogP contribution in [0, 0.1) is 12.8 Å². The van der Waals surface area contributed by atoms with Crippen molar-refractivity contribution >= 4 is 28.4 Å². The second-order valence-electron chi connectivity index (χ2n) is 5.91. The van der Waals surface area contributed by atoms with Crippen molar-refractivity contribution in [2.75, 3.05) is 18.4 Å². The molecule has 126 valence electrons. The van der Waals surface area contributed by atoms with Gasteiger partial charge in [0, 0.05) is 13.1 Å². The van der Waals surface area contributed by atoms with E-state index < -0.39 is 6.03 Å². The van der Waals surface area contributed by atoms with Crippen LogP contribution in [0.5, 0.6) is 0 Å². The lowest BCUT2D eigenvalue weighted by atomic mass is 9.97. The number of nitrogens with two attached hydrogens (primary N) is 1. The monoisotopic (exact) mass is 344 g/mol. The van der Waals surface area contributed by atoms with Crippen LogP contribution >= 0.6 is 11.3 Å². The average Bonchev–Trinajstić information content (AvgIpc) is 2.96. The molecule has 1 aromatic heterocycles. The Kier molecular flexibility index (Phi) is 4.80. The molecule has 3 rings (SSSR count). The van der Waals surface area contributed by atoms with Gasteiger partial charge in [0.15, 0.2) is 5.13 Å². The van der Waals surface area contributed by atoms with E-state index in [0.717, 1.165) is 29.0 Å². The van der Waals surface area contributed by atoms with Gasteiger partial charge in [0.1, 0.15) is 0 Å². The highest BCUT2D eigenvalue weighted by Crippen LogP contribution is 2.33. The summed E-state index contributed by atoms with van der Waals surface area (Å²) in [4.78, 5) is 30.8. The first-order valence-electron chi connectivity index (χ1n) is 7.92. The topological polar surface area (TPSA) is 88.3 Å². The van der Waals surface area contributed by atoms with Crippen LogP contribution in [0.3, 0.4) is 0 Å². The van der Waals surface area contributed by atoms with Crippen molar-refractivity contribution in [3.8, 4) is 10.4 Å². The highest BCUT2D eigenvalue weighted by atomic mass is 32.1. The second-order valence-corrected chi connectivity index (χ2v) is 6.91. The quantitative estimate of drug-likeness (QED) is 0.897. The Balaban J connectivity index is 1.70. The van der Waals surface area contributed by atoms with Crippen molar-refractivity contribution in [2.24, 2.45) is 11.7 Å². The Labute approximate surface area is 144 Å². The summed E-state index contributed by atoms with van der Waals surface area (Å²) >= 11 is 1.46.